The number of amides is 1. The molecule has 20 heavy (non-hydrogen) atoms. The fraction of sp³-hybridized carbons (Fsp3) is 0.562. The highest BCUT2D eigenvalue weighted by Gasteiger charge is 2.36. The van der Waals surface area contributed by atoms with Gasteiger partial charge in [0.05, 0.1) is 6.54 Å². The van der Waals surface area contributed by atoms with Gasteiger partial charge in [-0.1, -0.05) is 29.8 Å². The summed E-state index contributed by atoms with van der Waals surface area (Å²) in [6.45, 7) is 7.53. The second-order valence-corrected chi connectivity index (χ2v) is 6.43. The summed E-state index contributed by atoms with van der Waals surface area (Å²) in [5.41, 5.74) is 2.32. The van der Waals surface area contributed by atoms with Crippen molar-refractivity contribution in [2.75, 3.05) is 27.2 Å². The zero-order chi connectivity index (χ0) is 14.9. The molecule has 0 radical (unpaired) electrons. The van der Waals surface area contributed by atoms with Crippen LogP contribution < -0.4 is 5.32 Å². The number of hydrogen-bond donors (Lipinski definition) is 1. The molecule has 1 atom stereocenters. The summed E-state index contributed by atoms with van der Waals surface area (Å²) in [4.78, 5) is 16.3. The first-order valence-electron chi connectivity index (χ1n) is 7.08. The number of benzene rings is 1. The van der Waals surface area contributed by atoms with Crippen LogP contribution in [0.1, 0.15) is 31.1 Å². The van der Waals surface area contributed by atoms with Gasteiger partial charge in [-0.05, 0) is 40.4 Å². The van der Waals surface area contributed by atoms with E-state index in [0.717, 1.165) is 5.56 Å². The molecule has 1 aromatic rings. The Morgan fingerprint density at radius 1 is 1.40 bits per heavy atom. The molecule has 4 nitrogen and oxygen atoms in total. The number of nitrogens with zero attached hydrogens (tertiary/aromatic N) is 2. The number of carbonyl (C=O) groups excluding carboxylic acids is 1. The Kier molecular flexibility index (Phi) is 4.16. The number of likely N-dealkylation sites (N-methyl/N-ethyl adjacent to an activating group) is 1. The molecule has 0 aliphatic carbocycles. The summed E-state index contributed by atoms with van der Waals surface area (Å²) >= 11 is 0. The first-order valence-corrected chi connectivity index (χ1v) is 7.08. The van der Waals surface area contributed by atoms with E-state index in [1.54, 1.807) is 0 Å². The number of hydrogen-bond acceptors (Lipinski definition) is 3. The Morgan fingerprint density at radius 3 is 2.70 bits per heavy atom. The fourth-order valence-corrected chi connectivity index (χ4v) is 2.42. The second-order valence-electron chi connectivity index (χ2n) is 6.43. The molecule has 0 aromatic heterocycles. The van der Waals surface area contributed by atoms with E-state index >= 15 is 0 Å². The third-order valence-corrected chi connectivity index (χ3v) is 4.20. The SMILES string of the molecule is Cc1cccc(C2NCC(=O)N2CC(C)(C)N(C)C)c1. The molecule has 4 heteroatoms. The summed E-state index contributed by atoms with van der Waals surface area (Å²) in [7, 11) is 4.10. The highest BCUT2D eigenvalue weighted by Crippen LogP contribution is 2.26. The Morgan fingerprint density at radius 2 is 2.10 bits per heavy atom. The quantitative estimate of drug-likeness (QED) is 0.909. The van der Waals surface area contributed by atoms with Gasteiger partial charge < -0.3 is 9.80 Å². The van der Waals surface area contributed by atoms with Gasteiger partial charge in [-0.2, -0.15) is 0 Å². The average Bonchev–Trinajstić information content (AvgIpc) is 2.70. The monoisotopic (exact) mass is 275 g/mol. The van der Waals surface area contributed by atoms with E-state index in [-0.39, 0.29) is 17.6 Å². The van der Waals surface area contributed by atoms with Crippen LogP contribution in [0.3, 0.4) is 0 Å². The van der Waals surface area contributed by atoms with Crippen LogP contribution in [0.4, 0.5) is 0 Å². The maximum atomic E-state index is 12.2. The zero-order valence-corrected chi connectivity index (χ0v) is 13.1. The van der Waals surface area contributed by atoms with Crippen molar-refractivity contribution in [1.82, 2.24) is 15.1 Å². The molecule has 1 aromatic carbocycles. The van der Waals surface area contributed by atoms with Crippen molar-refractivity contribution in [2.24, 2.45) is 0 Å². The van der Waals surface area contributed by atoms with Crippen molar-refractivity contribution in [3.05, 3.63) is 35.4 Å². The molecule has 0 saturated carbocycles. The lowest BCUT2D eigenvalue weighted by molar-refractivity contribution is -0.129. The maximum absolute atomic E-state index is 12.2. The minimum Gasteiger partial charge on any atom is -0.320 e. The van der Waals surface area contributed by atoms with E-state index in [0.29, 0.717) is 13.1 Å². The van der Waals surface area contributed by atoms with Crippen molar-refractivity contribution < 1.29 is 4.79 Å². The molecule has 1 N–H and O–H groups in total. The Hall–Kier alpha value is -1.39. The molecule has 0 spiro atoms. The Balaban J connectivity index is 2.23. The molecule has 1 fully saturated rings. The zero-order valence-electron chi connectivity index (χ0n) is 13.1. The van der Waals surface area contributed by atoms with Crippen LogP contribution in [-0.2, 0) is 4.79 Å². The fourth-order valence-electron chi connectivity index (χ4n) is 2.42. The predicted octanol–water partition coefficient (Wildman–Crippen LogP) is 1.77. The summed E-state index contributed by atoms with van der Waals surface area (Å²) in [6.07, 6.45) is -0.0124. The molecular formula is C16H25N3O. The normalized spacial score (nSPS) is 20.0. The Bertz CT molecular complexity index is 496. The Labute approximate surface area is 121 Å². The van der Waals surface area contributed by atoms with Crippen molar-refractivity contribution in [3.63, 3.8) is 0 Å². The smallest absolute Gasteiger partial charge is 0.238 e. The largest absolute Gasteiger partial charge is 0.320 e. The van der Waals surface area contributed by atoms with Crippen LogP contribution in [-0.4, -0.2) is 48.4 Å². The number of rotatable bonds is 4. The number of carbonyl (C=O) groups is 1. The minimum absolute atomic E-state index is 0.0124. The van der Waals surface area contributed by atoms with E-state index in [1.807, 2.05) is 11.0 Å². The first kappa shape index (κ1) is 15.0. The van der Waals surface area contributed by atoms with E-state index in [4.69, 9.17) is 0 Å². The lowest BCUT2D eigenvalue weighted by Crippen LogP contribution is -2.49. The van der Waals surface area contributed by atoms with E-state index in [9.17, 15) is 4.79 Å². The second kappa shape index (κ2) is 5.54. The molecule has 110 valence electrons. The highest BCUT2D eigenvalue weighted by molar-refractivity contribution is 5.81. The molecule has 1 saturated heterocycles. The van der Waals surface area contributed by atoms with Gasteiger partial charge in [0.15, 0.2) is 0 Å². The predicted molar refractivity (Wildman–Crippen MR) is 81.4 cm³/mol. The minimum atomic E-state index is -0.0518. The molecule has 1 heterocycles. The highest BCUT2D eigenvalue weighted by atomic mass is 16.2. The molecular weight excluding hydrogens is 250 g/mol. The third-order valence-electron chi connectivity index (χ3n) is 4.20. The van der Waals surface area contributed by atoms with Crippen molar-refractivity contribution >= 4 is 5.91 Å². The van der Waals surface area contributed by atoms with Gasteiger partial charge in [0.25, 0.3) is 0 Å². The van der Waals surface area contributed by atoms with Gasteiger partial charge in [0, 0.05) is 12.1 Å². The molecule has 1 aliphatic heterocycles. The van der Waals surface area contributed by atoms with Crippen LogP contribution >= 0.6 is 0 Å². The summed E-state index contributed by atoms with van der Waals surface area (Å²) in [5.74, 6) is 0.173. The van der Waals surface area contributed by atoms with Gasteiger partial charge in [0.2, 0.25) is 5.91 Å². The average molecular weight is 275 g/mol. The lowest BCUT2D eigenvalue weighted by atomic mass is 10.0. The topological polar surface area (TPSA) is 35.6 Å². The maximum Gasteiger partial charge on any atom is 0.238 e. The molecule has 1 unspecified atom stereocenters. The molecule has 1 aliphatic rings. The van der Waals surface area contributed by atoms with Crippen molar-refractivity contribution in [1.29, 1.82) is 0 Å². The van der Waals surface area contributed by atoms with Gasteiger partial charge in [-0.25, -0.2) is 0 Å². The third kappa shape index (κ3) is 3.02. The molecule has 0 bridgehead atoms. The van der Waals surface area contributed by atoms with Gasteiger partial charge in [0.1, 0.15) is 6.17 Å². The first-order chi connectivity index (χ1) is 9.31. The van der Waals surface area contributed by atoms with E-state index < -0.39 is 0 Å². The summed E-state index contributed by atoms with van der Waals surface area (Å²) in [5, 5.41) is 3.32. The standard InChI is InChI=1S/C16H25N3O/c1-12-7-6-8-13(9-12)15-17-10-14(20)19(15)11-16(2,3)18(4)5/h6-9,15,17H,10-11H2,1-5H3. The molecule has 1 amide bonds. The number of nitrogens with one attached hydrogen (secondary N) is 1. The van der Waals surface area contributed by atoms with Crippen molar-refractivity contribution in [2.45, 2.75) is 32.5 Å². The van der Waals surface area contributed by atoms with Crippen LogP contribution in [0.5, 0.6) is 0 Å². The van der Waals surface area contributed by atoms with Crippen LogP contribution in [0.15, 0.2) is 24.3 Å². The van der Waals surface area contributed by atoms with Gasteiger partial charge in [-0.15, -0.1) is 0 Å². The van der Waals surface area contributed by atoms with Gasteiger partial charge >= 0.3 is 0 Å². The van der Waals surface area contributed by atoms with Gasteiger partial charge in [-0.3, -0.25) is 10.1 Å². The lowest BCUT2D eigenvalue weighted by Gasteiger charge is -2.38. The van der Waals surface area contributed by atoms with E-state index in [1.165, 1.54) is 5.56 Å². The summed E-state index contributed by atoms with van der Waals surface area (Å²) in [6, 6.07) is 8.35. The van der Waals surface area contributed by atoms with Crippen molar-refractivity contribution in [3.8, 4) is 0 Å². The van der Waals surface area contributed by atoms with Crippen LogP contribution in [0, 0.1) is 6.92 Å². The van der Waals surface area contributed by atoms with Crippen LogP contribution in [0.2, 0.25) is 0 Å². The molecule has 2 rings (SSSR count). The van der Waals surface area contributed by atoms with E-state index in [2.05, 4.69) is 63.3 Å². The van der Waals surface area contributed by atoms with Crippen LogP contribution in [0.25, 0.3) is 0 Å². The number of aryl methyl sites for hydroxylation is 1. The summed E-state index contributed by atoms with van der Waals surface area (Å²) < 4.78 is 0.